The van der Waals surface area contributed by atoms with E-state index in [1.165, 1.54) is 0 Å². The highest BCUT2D eigenvalue weighted by molar-refractivity contribution is 5.69. The van der Waals surface area contributed by atoms with Crippen LogP contribution in [-0.2, 0) is 4.79 Å². The number of carboxylic acid groups (broad SMARTS) is 1. The first-order valence-corrected chi connectivity index (χ1v) is 6.12. The van der Waals surface area contributed by atoms with Gasteiger partial charge in [0.15, 0.2) is 0 Å². The largest absolute Gasteiger partial charge is 0.480 e. The lowest BCUT2D eigenvalue weighted by atomic mass is 10.1. The van der Waals surface area contributed by atoms with Gasteiger partial charge >= 0.3 is 5.97 Å². The number of terminal acetylenes is 1. The molecule has 4 heteroatoms. The minimum atomic E-state index is -0.869. The standard InChI is InChI=1S/C15H20N2O2/c1-5-10-17(11-15(18)19)12(2)13-6-8-14(9-7-13)16(3)4/h1,6-9,12H,10-11H2,2-4H3,(H,18,19). The molecule has 1 aromatic rings. The van der Waals surface area contributed by atoms with E-state index < -0.39 is 5.97 Å². The molecule has 1 rings (SSSR count). The molecule has 0 saturated heterocycles. The second-order valence-corrected chi connectivity index (χ2v) is 4.66. The average molecular weight is 260 g/mol. The van der Waals surface area contributed by atoms with Crippen molar-refractivity contribution in [2.24, 2.45) is 0 Å². The lowest BCUT2D eigenvalue weighted by molar-refractivity contribution is -0.138. The van der Waals surface area contributed by atoms with Crippen LogP contribution in [0.15, 0.2) is 24.3 Å². The third-order valence-electron chi connectivity index (χ3n) is 3.07. The second-order valence-electron chi connectivity index (χ2n) is 4.66. The quantitative estimate of drug-likeness (QED) is 0.793. The fourth-order valence-electron chi connectivity index (χ4n) is 1.88. The monoisotopic (exact) mass is 260 g/mol. The van der Waals surface area contributed by atoms with Crippen LogP contribution in [0.25, 0.3) is 0 Å². The fourth-order valence-corrected chi connectivity index (χ4v) is 1.88. The zero-order chi connectivity index (χ0) is 14.4. The van der Waals surface area contributed by atoms with Crippen molar-refractivity contribution in [2.75, 3.05) is 32.1 Å². The molecule has 1 aromatic carbocycles. The summed E-state index contributed by atoms with van der Waals surface area (Å²) in [6.07, 6.45) is 5.29. The predicted molar refractivity (Wildman–Crippen MR) is 77.2 cm³/mol. The van der Waals surface area contributed by atoms with Gasteiger partial charge in [0, 0.05) is 25.8 Å². The Morgan fingerprint density at radius 1 is 1.37 bits per heavy atom. The number of hydrogen-bond acceptors (Lipinski definition) is 3. The Kier molecular flexibility index (Phi) is 5.40. The van der Waals surface area contributed by atoms with Gasteiger partial charge in [-0.1, -0.05) is 18.1 Å². The van der Waals surface area contributed by atoms with Crippen LogP contribution in [0, 0.1) is 12.3 Å². The molecule has 0 aromatic heterocycles. The molecule has 0 aliphatic rings. The third kappa shape index (κ3) is 4.31. The van der Waals surface area contributed by atoms with Crippen molar-refractivity contribution < 1.29 is 9.90 Å². The van der Waals surface area contributed by atoms with Crippen LogP contribution in [0.2, 0.25) is 0 Å². The SMILES string of the molecule is C#CCN(CC(=O)O)C(C)c1ccc(N(C)C)cc1. The molecule has 102 valence electrons. The van der Waals surface area contributed by atoms with Crippen molar-refractivity contribution in [3.05, 3.63) is 29.8 Å². The first-order valence-electron chi connectivity index (χ1n) is 6.12. The van der Waals surface area contributed by atoms with E-state index in [0.717, 1.165) is 11.3 Å². The maximum absolute atomic E-state index is 10.8. The van der Waals surface area contributed by atoms with Gasteiger partial charge in [-0.15, -0.1) is 6.42 Å². The molecule has 0 saturated carbocycles. The van der Waals surface area contributed by atoms with Crippen molar-refractivity contribution in [3.8, 4) is 12.3 Å². The lowest BCUT2D eigenvalue weighted by Crippen LogP contribution is -2.32. The first kappa shape index (κ1) is 15.1. The summed E-state index contributed by atoms with van der Waals surface area (Å²) in [7, 11) is 3.96. The summed E-state index contributed by atoms with van der Waals surface area (Å²) in [5.74, 6) is 1.64. The Hall–Kier alpha value is -1.99. The summed E-state index contributed by atoms with van der Waals surface area (Å²) in [4.78, 5) is 14.6. The zero-order valence-corrected chi connectivity index (χ0v) is 11.6. The Labute approximate surface area is 114 Å². The topological polar surface area (TPSA) is 43.8 Å². The van der Waals surface area contributed by atoms with Gasteiger partial charge < -0.3 is 10.0 Å². The fraction of sp³-hybridized carbons (Fsp3) is 0.400. The number of aliphatic carboxylic acids is 1. The summed E-state index contributed by atoms with van der Waals surface area (Å²) in [6.45, 7) is 2.23. The van der Waals surface area contributed by atoms with Crippen LogP contribution in [0.4, 0.5) is 5.69 Å². The van der Waals surface area contributed by atoms with Crippen LogP contribution in [0.3, 0.4) is 0 Å². The molecule has 0 aliphatic carbocycles. The van der Waals surface area contributed by atoms with E-state index in [2.05, 4.69) is 5.92 Å². The van der Waals surface area contributed by atoms with Crippen molar-refractivity contribution in [2.45, 2.75) is 13.0 Å². The highest BCUT2D eigenvalue weighted by Crippen LogP contribution is 2.22. The summed E-state index contributed by atoms with van der Waals surface area (Å²) >= 11 is 0. The van der Waals surface area contributed by atoms with E-state index in [1.807, 2.05) is 50.2 Å². The Balaban J connectivity index is 2.86. The molecule has 1 N–H and O–H groups in total. The number of anilines is 1. The highest BCUT2D eigenvalue weighted by atomic mass is 16.4. The van der Waals surface area contributed by atoms with E-state index in [4.69, 9.17) is 11.5 Å². The van der Waals surface area contributed by atoms with Gasteiger partial charge in [0.25, 0.3) is 0 Å². The third-order valence-corrected chi connectivity index (χ3v) is 3.07. The molecule has 19 heavy (non-hydrogen) atoms. The molecule has 0 amide bonds. The summed E-state index contributed by atoms with van der Waals surface area (Å²) in [5, 5.41) is 8.91. The molecular formula is C15H20N2O2. The van der Waals surface area contributed by atoms with Crippen molar-refractivity contribution in [3.63, 3.8) is 0 Å². The zero-order valence-electron chi connectivity index (χ0n) is 11.6. The minimum Gasteiger partial charge on any atom is -0.480 e. The van der Waals surface area contributed by atoms with Gasteiger partial charge in [0.2, 0.25) is 0 Å². The van der Waals surface area contributed by atoms with E-state index >= 15 is 0 Å². The van der Waals surface area contributed by atoms with Gasteiger partial charge in [-0.05, 0) is 24.6 Å². The molecular weight excluding hydrogens is 240 g/mol. The van der Waals surface area contributed by atoms with E-state index in [-0.39, 0.29) is 12.6 Å². The average Bonchev–Trinajstić information content (AvgIpc) is 2.37. The number of nitrogens with zero attached hydrogens (tertiary/aromatic N) is 2. The van der Waals surface area contributed by atoms with Crippen LogP contribution in [0.5, 0.6) is 0 Å². The van der Waals surface area contributed by atoms with E-state index in [1.54, 1.807) is 4.90 Å². The number of benzene rings is 1. The van der Waals surface area contributed by atoms with Crippen LogP contribution in [-0.4, -0.2) is 43.2 Å². The molecule has 0 heterocycles. The molecule has 4 nitrogen and oxygen atoms in total. The number of carbonyl (C=O) groups is 1. The molecule has 1 unspecified atom stereocenters. The molecule has 0 aliphatic heterocycles. The van der Waals surface area contributed by atoms with Crippen LogP contribution < -0.4 is 4.90 Å². The first-order chi connectivity index (χ1) is 8.95. The van der Waals surface area contributed by atoms with E-state index in [9.17, 15) is 4.79 Å². The molecule has 0 bridgehead atoms. The maximum Gasteiger partial charge on any atom is 0.317 e. The smallest absolute Gasteiger partial charge is 0.317 e. The van der Waals surface area contributed by atoms with Crippen molar-refractivity contribution >= 4 is 11.7 Å². The van der Waals surface area contributed by atoms with Gasteiger partial charge in [-0.25, -0.2) is 0 Å². The summed E-state index contributed by atoms with van der Waals surface area (Å²) in [6, 6.07) is 8.02. The highest BCUT2D eigenvalue weighted by Gasteiger charge is 2.17. The summed E-state index contributed by atoms with van der Waals surface area (Å²) in [5.41, 5.74) is 2.17. The van der Waals surface area contributed by atoms with Gasteiger partial charge in [0.05, 0.1) is 13.1 Å². The second kappa shape index (κ2) is 6.81. The predicted octanol–water partition coefficient (Wildman–Crippen LogP) is 1.83. The molecule has 1 atom stereocenters. The number of carboxylic acids is 1. The van der Waals surface area contributed by atoms with Gasteiger partial charge in [0.1, 0.15) is 0 Å². The van der Waals surface area contributed by atoms with Crippen LogP contribution >= 0.6 is 0 Å². The summed E-state index contributed by atoms with van der Waals surface area (Å²) < 4.78 is 0. The number of hydrogen-bond donors (Lipinski definition) is 1. The molecule has 0 radical (unpaired) electrons. The Morgan fingerprint density at radius 2 is 1.95 bits per heavy atom. The van der Waals surface area contributed by atoms with Crippen molar-refractivity contribution in [1.82, 2.24) is 4.90 Å². The Bertz CT molecular complexity index is 460. The van der Waals surface area contributed by atoms with E-state index in [0.29, 0.717) is 6.54 Å². The Morgan fingerprint density at radius 3 is 2.37 bits per heavy atom. The van der Waals surface area contributed by atoms with Crippen molar-refractivity contribution in [1.29, 1.82) is 0 Å². The molecule has 0 fully saturated rings. The number of rotatable bonds is 6. The maximum atomic E-state index is 10.8. The molecule has 0 spiro atoms. The normalized spacial score (nSPS) is 11.9. The lowest BCUT2D eigenvalue weighted by Gasteiger charge is -2.26. The van der Waals surface area contributed by atoms with Gasteiger partial charge in [-0.2, -0.15) is 0 Å². The minimum absolute atomic E-state index is 0.0247. The van der Waals surface area contributed by atoms with Gasteiger partial charge in [-0.3, -0.25) is 9.69 Å². The van der Waals surface area contributed by atoms with Crippen LogP contribution in [0.1, 0.15) is 18.5 Å².